The van der Waals surface area contributed by atoms with Crippen LogP contribution in [0.2, 0.25) is 0 Å². The van der Waals surface area contributed by atoms with Crippen molar-refractivity contribution in [2.45, 2.75) is 12.8 Å². The van der Waals surface area contributed by atoms with Gasteiger partial charge >= 0.3 is 6.03 Å². The van der Waals surface area contributed by atoms with Gasteiger partial charge in [0.25, 0.3) is 0 Å². The topological polar surface area (TPSA) is 64.7 Å². The van der Waals surface area contributed by atoms with Crippen molar-refractivity contribution in [3.05, 3.63) is 42.5 Å². The van der Waals surface area contributed by atoms with Gasteiger partial charge in [-0.2, -0.15) is 0 Å². The number of nitrogens with zero attached hydrogens (tertiary/aromatic N) is 2. The minimum atomic E-state index is -0.152. The second kappa shape index (κ2) is 8.03. The number of urea groups is 1. The lowest BCUT2D eigenvalue weighted by atomic mass is 9.94. The first-order chi connectivity index (χ1) is 13.2. The third-order valence-electron chi connectivity index (χ3n) is 6.07. The molecule has 3 aliphatic rings. The van der Waals surface area contributed by atoms with Crippen LogP contribution in [-0.4, -0.2) is 56.1 Å². The van der Waals surface area contributed by atoms with E-state index in [1.807, 2.05) is 18.2 Å². The van der Waals surface area contributed by atoms with Crippen molar-refractivity contribution in [3.8, 4) is 0 Å². The summed E-state index contributed by atoms with van der Waals surface area (Å²) in [6, 6.07) is 10.1. The van der Waals surface area contributed by atoms with Gasteiger partial charge in [-0.15, -0.1) is 0 Å². The second-order valence-corrected chi connectivity index (χ2v) is 7.81. The predicted molar refractivity (Wildman–Crippen MR) is 105 cm³/mol. The molecule has 2 fully saturated rings. The average molecular weight is 368 g/mol. The Kier molecular flexibility index (Phi) is 5.32. The molecule has 144 valence electrons. The lowest BCUT2D eigenvalue weighted by Crippen LogP contribution is -2.53. The van der Waals surface area contributed by atoms with Gasteiger partial charge in [0.1, 0.15) is 0 Å². The highest BCUT2D eigenvalue weighted by atomic mass is 16.2. The maximum absolute atomic E-state index is 12.3. The maximum Gasteiger partial charge on any atom is 0.317 e. The lowest BCUT2D eigenvalue weighted by molar-refractivity contribution is -0.120. The Balaban J connectivity index is 1.14. The van der Waals surface area contributed by atoms with Gasteiger partial charge in [-0.3, -0.25) is 4.79 Å². The normalized spacial score (nSPS) is 26.3. The van der Waals surface area contributed by atoms with Gasteiger partial charge < -0.3 is 20.4 Å². The summed E-state index contributed by atoms with van der Waals surface area (Å²) in [4.78, 5) is 28.4. The molecule has 3 atom stereocenters. The first kappa shape index (κ1) is 17.9. The third-order valence-corrected chi connectivity index (χ3v) is 6.07. The first-order valence-corrected chi connectivity index (χ1v) is 9.97. The number of fused-ring (bicyclic) bond motifs is 2. The predicted octanol–water partition coefficient (Wildman–Crippen LogP) is 1.85. The van der Waals surface area contributed by atoms with E-state index in [9.17, 15) is 9.59 Å². The third kappa shape index (κ3) is 4.26. The van der Waals surface area contributed by atoms with Crippen molar-refractivity contribution < 1.29 is 9.59 Å². The molecular weight excluding hydrogens is 340 g/mol. The van der Waals surface area contributed by atoms with Crippen LogP contribution in [0.4, 0.5) is 10.5 Å². The summed E-state index contributed by atoms with van der Waals surface area (Å²) in [6.07, 6.45) is 7.02. The van der Waals surface area contributed by atoms with E-state index >= 15 is 0 Å². The fraction of sp³-hybridized carbons (Fsp3) is 0.524. The van der Waals surface area contributed by atoms with E-state index in [2.05, 4.69) is 39.8 Å². The molecule has 0 radical (unpaired) electrons. The fourth-order valence-electron chi connectivity index (χ4n) is 4.51. The van der Waals surface area contributed by atoms with Crippen LogP contribution in [0.5, 0.6) is 0 Å². The molecule has 3 amide bonds. The van der Waals surface area contributed by atoms with Crippen LogP contribution in [0.25, 0.3) is 0 Å². The molecule has 0 spiro atoms. The monoisotopic (exact) mass is 368 g/mol. The Morgan fingerprint density at radius 1 is 0.963 bits per heavy atom. The average Bonchev–Trinajstić information content (AvgIpc) is 3.34. The standard InChI is InChI=1S/C21H28N4O2/c26-20(22-14-18-13-16-6-7-17(18)12-16)15-23-21(27)25-10-8-24(9-11-25)19-4-2-1-3-5-19/h1-7,16-18H,8-15H2,(H,22,26)(H,23,27)/t16-,17-,18-/m0/s1. The van der Waals surface area contributed by atoms with Gasteiger partial charge in [-0.25, -0.2) is 4.79 Å². The number of benzene rings is 1. The molecule has 2 bridgehead atoms. The van der Waals surface area contributed by atoms with Gasteiger partial charge in [0.2, 0.25) is 5.91 Å². The largest absolute Gasteiger partial charge is 0.368 e. The Labute approximate surface area is 160 Å². The molecule has 2 N–H and O–H groups in total. The molecule has 4 rings (SSSR count). The summed E-state index contributed by atoms with van der Waals surface area (Å²) in [7, 11) is 0. The Morgan fingerprint density at radius 2 is 1.74 bits per heavy atom. The zero-order chi connectivity index (χ0) is 18.6. The number of piperazine rings is 1. The Hall–Kier alpha value is -2.50. The number of nitrogens with one attached hydrogen (secondary N) is 2. The van der Waals surface area contributed by atoms with Crippen LogP contribution >= 0.6 is 0 Å². The van der Waals surface area contributed by atoms with Crippen LogP contribution in [0, 0.1) is 17.8 Å². The summed E-state index contributed by atoms with van der Waals surface area (Å²) in [5.74, 6) is 1.81. The van der Waals surface area contributed by atoms with E-state index in [1.54, 1.807) is 4.90 Å². The van der Waals surface area contributed by atoms with E-state index in [0.717, 1.165) is 19.6 Å². The van der Waals surface area contributed by atoms with Gasteiger partial charge in [0.05, 0.1) is 6.54 Å². The molecule has 1 aromatic carbocycles. The highest BCUT2D eigenvalue weighted by molar-refractivity contribution is 5.84. The smallest absolute Gasteiger partial charge is 0.317 e. The highest BCUT2D eigenvalue weighted by Gasteiger charge is 2.35. The van der Waals surface area contributed by atoms with Crippen molar-refractivity contribution in [1.82, 2.24) is 15.5 Å². The number of hydrogen-bond donors (Lipinski definition) is 2. The van der Waals surface area contributed by atoms with Crippen molar-refractivity contribution >= 4 is 17.6 Å². The van der Waals surface area contributed by atoms with Crippen molar-refractivity contribution in [1.29, 1.82) is 0 Å². The van der Waals surface area contributed by atoms with Gasteiger partial charge in [-0.05, 0) is 42.7 Å². The minimum absolute atomic E-state index is 0.0500. The number of carbonyl (C=O) groups excluding carboxylic acids is 2. The second-order valence-electron chi connectivity index (χ2n) is 7.81. The van der Waals surface area contributed by atoms with Crippen molar-refractivity contribution in [3.63, 3.8) is 0 Å². The summed E-state index contributed by atoms with van der Waals surface area (Å²) < 4.78 is 0. The van der Waals surface area contributed by atoms with Gasteiger partial charge in [-0.1, -0.05) is 30.4 Å². The molecule has 2 aliphatic carbocycles. The quantitative estimate of drug-likeness (QED) is 0.780. The number of amides is 3. The van der Waals surface area contributed by atoms with E-state index in [1.165, 1.54) is 18.5 Å². The molecule has 6 nitrogen and oxygen atoms in total. The van der Waals surface area contributed by atoms with Gasteiger partial charge in [0, 0.05) is 38.4 Å². The van der Waals surface area contributed by atoms with E-state index in [0.29, 0.717) is 30.8 Å². The lowest BCUT2D eigenvalue weighted by Gasteiger charge is -2.36. The van der Waals surface area contributed by atoms with Crippen LogP contribution in [0.15, 0.2) is 42.5 Å². The van der Waals surface area contributed by atoms with Crippen LogP contribution in [0.1, 0.15) is 12.8 Å². The molecule has 27 heavy (non-hydrogen) atoms. The molecule has 1 heterocycles. The zero-order valence-electron chi connectivity index (χ0n) is 15.6. The highest BCUT2D eigenvalue weighted by Crippen LogP contribution is 2.42. The first-order valence-electron chi connectivity index (χ1n) is 9.97. The molecule has 1 aromatic rings. The number of para-hydroxylation sites is 1. The van der Waals surface area contributed by atoms with E-state index in [4.69, 9.17) is 0 Å². The van der Waals surface area contributed by atoms with E-state index in [-0.39, 0.29) is 18.5 Å². The molecule has 0 aromatic heterocycles. The van der Waals surface area contributed by atoms with Crippen molar-refractivity contribution in [2.24, 2.45) is 17.8 Å². The van der Waals surface area contributed by atoms with Crippen molar-refractivity contribution in [2.75, 3.05) is 44.2 Å². The van der Waals surface area contributed by atoms with Crippen LogP contribution < -0.4 is 15.5 Å². The SMILES string of the molecule is O=C(CNC(=O)N1CCN(c2ccccc2)CC1)NC[C@@H]1C[C@H]2C=C[C@H]1C2. The molecule has 0 unspecified atom stereocenters. The minimum Gasteiger partial charge on any atom is -0.368 e. The molecule has 1 saturated heterocycles. The summed E-state index contributed by atoms with van der Waals surface area (Å²) >= 11 is 0. The summed E-state index contributed by atoms with van der Waals surface area (Å²) in [6.45, 7) is 3.72. The molecule has 6 heteroatoms. The Morgan fingerprint density at radius 3 is 2.41 bits per heavy atom. The van der Waals surface area contributed by atoms with Crippen LogP contribution in [-0.2, 0) is 4.79 Å². The number of allylic oxidation sites excluding steroid dienone is 2. The number of carbonyl (C=O) groups is 2. The Bertz CT molecular complexity index is 697. The maximum atomic E-state index is 12.3. The summed E-state index contributed by atoms with van der Waals surface area (Å²) in [5.41, 5.74) is 1.19. The molecule has 1 aliphatic heterocycles. The molecular formula is C21H28N4O2. The number of hydrogen-bond acceptors (Lipinski definition) is 3. The van der Waals surface area contributed by atoms with Gasteiger partial charge in [0.15, 0.2) is 0 Å². The zero-order valence-corrected chi connectivity index (χ0v) is 15.6. The fourth-order valence-corrected chi connectivity index (χ4v) is 4.51. The summed E-state index contributed by atoms with van der Waals surface area (Å²) in [5, 5.41) is 5.74. The van der Waals surface area contributed by atoms with E-state index < -0.39 is 0 Å². The number of rotatable bonds is 5. The molecule has 1 saturated carbocycles. The number of anilines is 1. The van der Waals surface area contributed by atoms with Crippen LogP contribution in [0.3, 0.4) is 0 Å².